The molecule has 0 aromatic carbocycles. The number of anilines is 1. The van der Waals surface area contributed by atoms with Gasteiger partial charge in [0.05, 0.1) is 11.2 Å². The molecule has 0 radical (unpaired) electrons. The van der Waals surface area contributed by atoms with Gasteiger partial charge in [0, 0.05) is 30.4 Å². The van der Waals surface area contributed by atoms with E-state index in [2.05, 4.69) is 25.3 Å². The van der Waals surface area contributed by atoms with Gasteiger partial charge < -0.3 is 10.3 Å². The molecular formula is C16H21ClFN5. The van der Waals surface area contributed by atoms with Gasteiger partial charge in [-0.3, -0.25) is 0 Å². The van der Waals surface area contributed by atoms with Crippen LogP contribution in [0.25, 0.3) is 22.4 Å². The standard InChI is InChI=1S/C12H9ClFN5.2C2H6/c1-15-12-9(14)5-18-11(19-12)8-4-17-10-7(8)2-6(13)3-16-10;2*1-2/h2-5H,1H3,(H,16,17)(H,15,18,19);2*1-2H3. The molecule has 0 amide bonds. The van der Waals surface area contributed by atoms with Gasteiger partial charge in [-0.1, -0.05) is 39.3 Å². The lowest BCUT2D eigenvalue weighted by molar-refractivity contribution is 0.619. The van der Waals surface area contributed by atoms with Gasteiger partial charge in [-0.15, -0.1) is 0 Å². The maximum Gasteiger partial charge on any atom is 0.183 e. The molecule has 3 heterocycles. The van der Waals surface area contributed by atoms with Gasteiger partial charge >= 0.3 is 0 Å². The molecule has 3 rings (SSSR count). The third-order valence-corrected chi connectivity index (χ3v) is 2.93. The summed E-state index contributed by atoms with van der Waals surface area (Å²) in [5, 5.41) is 3.99. The fraction of sp³-hybridized carbons (Fsp3) is 0.312. The molecule has 3 aromatic rings. The molecule has 5 nitrogen and oxygen atoms in total. The van der Waals surface area contributed by atoms with Crippen LogP contribution in [0.5, 0.6) is 0 Å². The maximum atomic E-state index is 13.4. The van der Waals surface area contributed by atoms with Crippen LogP contribution in [0.2, 0.25) is 5.02 Å². The predicted molar refractivity (Wildman–Crippen MR) is 94.3 cm³/mol. The Bertz CT molecular complexity index is 757. The summed E-state index contributed by atoms with van der Waals surface area (Å²) in [6, 6.07) is 1.77. The van der Waals surface area contributed by atoms with E-state index in [0.29, 0.717) is 16.5 Å². The number of halogens is 2. The monoisotopic (exact) mass is 337 g/mol. The third-order valence-electron chi connectivity index (χ3n) is 2.72. The Morgan fingerprint density at radius 2 is 1.83 bits per heavy atom. The lowest BCUT2D eigenvalue weighted by Gasteiger charge is -2.03. The quantitative estimate of drug-likeness (QED) is 0.697. The molecule has 124 valence electrons. The minimum atomic E-state index is -0.498. The Labute approximate surface area is 140 Å². The topological polar surface area (TPSA) is 66.5 Å². The summed E-state index contributed by atoms with van der Waals surface area (Å²) < 4.78 is 13.4. The van der Waals surface area contributed by atoms with Crippen molar-refractivity contribution in [3.63, 3.8) is 0 Å². The van der Waals surface area contributed by atoms with Gasteiger partial charge in [0.1, 0.15) is 5.65 Å². The number of nitrogens with one attached hydrogen (secondary N) is 2. The number of aromatic amines is 1. The van der Waals surface area contributed by atoms with Crippen LogP contribution in [-0.2, 0) is 0 Å². The zero-order valence-corrected chi connectivity index (χ0v) is 14.7. The Kier molecular flexibility index (Phi) is 7.41. The molecular weight excluding hydrogens is 317 g/mol. The Balaban J connectivity index is 0.000000615. The molecule has 7 heteroatoms. The number of hydrogen-bond donors (Lipinski definition) is 2. The average molecular weight is 338 g/mol. The number of rotatable bonds is 2. The molecule has 3 aromatic heterocycles. The molecule has 0 aliphatic rings. The average Bonchev–Trinajstić information content (AvgIpc) is 3.02. The van der Waals surface area contributed by atoms with Crippen LogP contribution < -0.4 is 5.32 Å². The number of aromatic nitrogens is 4. The van der Waals surface area contributed by atoms with Gasteiger partial charge in [-0.25, -0.2) is 19.3 Å². The molecule has 0 saturated carbocycles. The van der Waals surface area contributed by atoms with E-state index in [0.717, 1.165) is 17.1 Å². The smallest absolute Gasteiger partial charge is 0.183 e. The highest BCUT2D eigenvalue weighted by Gasteiger charge is 2.12. The number of hydrogen-bond acceptors (Lipinski definition) is 4. The van der Waals surface area contributed by atoms with Crippen molar-refractivity contribution in [2.24, 2.45) is 0 Å². The van der Waals surface area contributed by atoms with Crippen molar-refractivity contribution in [3.8, 4) is 11.4 Å². The molecule has 0 unspecified atom stereocenters. The number of nitrogens with zero attached hydrogens (tertiary/aromatic N) is 3. The fourth-order valence-corrected chi connectivity index (χ4v) is 1.99. The van der Waals surface area contributed by atoms with Gasteiger partial charge in [0.2, 0.25) is 0 Å². The van der Waals surface area contributed by atoms with Crippen molar-refractivity contribution < 1.29 is 4.39 Å². The van der Waals surface area contributed by atoms with Crippen molar-refractivity contribution in [2.75, 3.05) is 12.4 Å². The summed E-state index contributed by atoms with van der Waals surface area (Å²) in [5.74, 6) is 0.0534. The van der Waals surface area contributed by atoms with Crippen LogP contribution in [0.3, 0.4) is 0 Å². The maximum absolute atomic E-state index is 13.4. The van der Waals surface area contributed by atoms with E-state index in [1.54, 1.807) is 25.5 Å². The summed E-state index contributed by atoms with van der Waals surface area (Å²) in [7, 11) is 1.60. The zero-order chi connectivity index (χ0) is 17.4. The van der Waals surface area contributed by atoms with E-state index >= 15 is 0 Å². The van der Waals surface area contributed by atoms with Gasteiger partial charge in [0.25, 0.3) is 0 Å². The van der Waals surface area contributed by atoms with Crippen molar-refractivity contribution in [1.29, 1.82) is 0 Å². The minimum Gasteiger partial charge on any atom is -0.371 e. The molecule has 0 bridgehead atoms. The number of fused-ring (bicyclic) bond motifs is 1. The molecule has 0 spiro atoms. The molecule has 2 N–H and O–H groups in total. The van der Waals surface area contributed by atoms with E-state index in [-0.39, 0.29) is 5.82 Å². The van der Waals surface area contributed by atoms with Crippen LogP contribution in [0, 0.1) is 5.82 Å². The van der Waals surface area contributed by atoms with Crippen LogP contribution in [-0.4, -0.2) is 27.0 Å². The molecule has 23 heavy (non-hydrogen) atoms. The van der Waals surface area contributed by atoms with E-state index in [1.807, 2.05) is 27.7 Å². The summed E-state index contributed by atoms with van der Waals surface area (Å²) in [5.41, 5.74) is 1.40. The molecule has 0 fully saturated rings. The van der Waals surface area contributed by atoms with E-state index in [9.17, 15) is 4.39 Å². The van der Waals surface area contributed by atoms with Gasteiger partial charge in [-0.2, -0.15) is 0 Å². The second-order valence-electron chi connectivity index (χ2n) is 3.89. The first-order chi connectivity index (χ1) is 11.2. The summed E-state index contributed by atoms with van der Waals surface area (Å²) in [4.78, 5) is 15.3. The summed E-state index contributed by atoms with van der Waals surface area (Å²) in [6.45, 7) is 8.00. The lowest BCUT2D eigenvalue weighted by Crippen LogP contribution is -1.99. The van der Waals surface area contributed by atoms with Gasteiger partial charge in [0.15, 0.2) is 17.5 Å². The van der Waals surface area contributed by atoms with Crippen molar-refractivity contribution in [1.82, 2.24) is 19.9 Å². The highest BCUT2D eigenvalue weighted by atomic mass is 35.5. The Hall–Kier alpha value is -2.21. The largest absolute Gasteiger partial charge is 0.371 e. The highest BCUT2D eigenvalue weighted by Crippen LogP contribution is 2.27. The molecule has 0 saturated heterocycles. The molecule has 0 atom stereocenters. The first-order valence-electron chi connectivity index (χ1n) is 7.52. The van der Waals surface area contributed by atoms with Crippen LogP contribution in [0.4, 0.5) is 10.2 Å². The van der Waals surface area contributed by atoms with E-state index in [1.165, 1.54) is 0 Å². The first-order valence-corrected chi connectivity index (χ1v) is 7.90. The van der Waals surface area contributed by atoms with Crippen molar-refractivity contribution in [2.45, 2.75) is 27.7 Å². The van der Waals surface area contributed by atoms with Crippen molar-refractivity contribution in [3.05, 3.63) is 35.5 Å². The zero-order valence-electron chi connectivity index (χ0n) is 13.9. The molecule has 0 aliphatic heterocycles. The second kappa shape index (κ2) is 9.05. The predicted octanol–water partition coefficient (Wildman–Crippen LogP) is 4.91. The van der Waals surface area contributed by atoms with Gasteiger partial charge in [-0.05, 0) is 6.07 Å². The lowest BCUT2D eigenvalue weighted by atomic mass is 10.2. The minimum absolute atomic E-state index is 0.148. The van der Waals surface area contributed by atoms with Crippen LogP contribution >= 0.6 is 11.6 Å². The highest BCUT2D eigenvalue weighted by molar-refractivity contribution is 6.31. The fourth-order valence-electron chi connectivity index (χ4n) is 1.84. The Morgan fingerprint density at radius 3 is 2.48 bits per heavy atom. The SMILES string of the molecule is CC.CC.CNc1nc(-c2c[nH]c3ncc(Cl)cc23)ncc1F. The van der Waals surface area contributed by atoms with Crippen LogP contribution in [0.1, 0.15) is 27.7 Å². The van der Waals surface area contributed by atoms with Crippen LogP contribution in [0.15, 0.2) is 24.7 Å². The van der Waals surface area contributed by atoms with Crippen molar-refractivity contribution >= 4 is 28.5 Å². The second-order valence-corrected chi connectivity index (χ2v) is 4.33. The number of pyridine rings is 1. The first kappa shape index (κ1) is 18.8. The third kappa shape index (κ3) is 4.16. The normalized spacial score (nSPS) is 9.52. The summed E-state index contributed by atoms with van der Waals surface area (Å²) >= 11 is 5.93. The van der Waals surface area contributed by atoms with E-state index in [4.69, 9.17) is 11.6 Å². The number of H-pyrrole nitrogens is 1. The van der Waals surface area contributed by atoms with E-state index < -0.39 is 5.82 Å². The molecule has 0 aliphatic carbocycles. The Morgan fingerprint density at radius 1 is 1.13 bits per heavy atom. The summed E-state index contributed by atoms with van der Waals surface area (Å²) in [6.07, 6.45) is 4.40.